The molecule has 1 N–H and O–H groups in total. The molecular weight excluding hydrogens is 214 g/mol. The van der Waals surface area contributed by atoms with E-state index in [1.54, 1.807) is 4.68 Å². The SMILES string of the molecule is CCCC1(C(=O)Cc2ccn(C)n2)CCCN1. The zero-order valence-electron chi connectivity index (χ0n) is 10.7. The first kappa shape index (κ1) is 12.3. The van der Waals surface area contributed by atoms with E-state index in [1.807, 2.05) is 19.3 Å². The van der Waals surface area contributed by atoms with Gasteiger partial charge in [-0.2, -0.15) is 5.10 Å². The van der Waals surface area contributed by atoms with Crippen molar-refractivity contribution in [2.24, 2.45) is 7.05 Å². The molecule has 0 radical (unpaired) electrons. The average Bonchev–Trinajstić information content (AvgIpc) is 2.89. The number of rotatable bonds is 5. The van der Waals surface area contributed by atoms with Crippen LogP contribution in [0, 0.1) is 0 Å². The van der Waals surface area contributed by atoms with E-state index in [4.69, 9.17) is 0 Å². The first-order chi connectivity index (χ1) is 8.16. The van der Waals surface area contributed by atoms with Crippen LogP contribution in [0.3, 0.4) is 0 Å². The van der Waals surface area contributed by atoms with Gasteiger partial charge in [0.05, 0.1) is 17.7 Å². The minimum atomic E-state index is -0.272. The Morgan fingerprint density at radius 3 is 3.00 bits per heavy atom. The Bertz CT molecular complexity index is 391. The molecule has 1 aromatic rings. The molecule has 2 heterocycles. The molecule has 1 aliphatic heterocycles. The van der Waals surface area contributed by atoms with E-state index < -0.39 is 0 Å². The molecule has 1 fully saturated rings. The molecule has 0 aromatic carbocycles. The van der Waals surface area contributed by atoms with Gasteiger partial charge in [-0.1, -0.05) is 13.3 Å². The summed E-state index contributed by atoms with van der Waals surface area (Å²) in [5.41, 5.74) is 0.605. The van der Waals surface area contributed by atoms with Gasteiger partial charge in [-0.3, -0.25) is 9.48 Å². The molecule has 0 amide bonds. The molecule has 0 saturated carbocycles. The number of nitrogens with one attached hydrogen (secondary N) is 1. The van der Waals surface area contributed by atoms with Gasteiger partial charge in [0.2, 0.25) is 0 Å². The number of Topliss-reactive ketones (excluding diaryl/α,β-unsaturated/α-hetero) is 1. The van der Waals surface area contributed by atoms with Gasteiger partial charge in [-0.25, -0.2) is 0 Å². The van der Waals surface area contributed by atoms with Crippen molar-refractivity contribution in [2.75, 3.05) is 6.54 Å². The van der Waals surface area contributed by atoms with Crippen molar-refractivity contribution < 1.29 is 4.79 Å². The van der Waals surface area contributed by atoms with Crippen LogP contribution in [0.25, 0.3) is 0 Å². The summed E-state index contributed by atoms with van der Waals surface area (Å²) in [4.78, 5) is 12.4. The van der Waals surface area contributed by atoms with Gasteiger partial charge in [-0.05, 0) is 31.9 Å². The Labute approximate surface area is 102 Å². The van der Waals surface area contributed by atoms with Crippen LogP contribution >= 0.6 is 0 Å². The highest BCUT2D eigenvalue weighted by molar-refractivity contribution is 5.90. The molecule has 4 nitrogen and oxygen atoms in total. The van der Waals surface area contributed by atoms with Crippen LogP contribution in [-0.4, -0.2) is 27.6 Å². The second-order valence-corrected chi connectivity index (χ2v) is 4.94. The summed E-state index contributed by atoms with van der Waals surface area (Å²) < 4.78 is 1.75. The number of hydrogen-bond donors (Lipinski definition) is 1. The molecule has 1 unspecified atom stereocenters. The fourth-order valence-corrected chi connectivity index (χ4v) is 2.71. The summed E-state index contributed by atoms with van der Waals surface area (Å²) in [7, 11) is 1.88. The lowest BCUT2D eigenvalue weighted by molar-refractivity contribution is -0.124. The van der Waals surface area contributed by atoms with Crippen molar-refractivity contribution in [3.63, 3.8) is 0 Å². The standard InChI is InChI=1S/C13H21N3O/c1-3-6-13(7-4-8-14-13)12(17)10-11-5-9-16(2)15-11/h5,9,14H,3-4,6-8,10H2,1-2H3. The Morgan fingerprint density at radius 1 is 1.65 bits per heavy atom. The number of carbonyl (C=O) groups excluding carboxylic acids is 1. The van der Waals surface area contributed by atoms with Crippen LogP contribution in [0.4, 0.5) is 0 Å². The molecule has 0 spiro atoms. The van der Waals surface area contributed by atoms with Crippen molar-refractivity contribution in [2.45, 2.75) is 44.6 Å². The van der Waals surface area contributed by atoms with E-state index in [9.17, 15) is 4.79 Å². The molecule has 94 valence electrons. The fraction of sp³-hybridized carbons (Fsp3) is 0.692. The van der Waals surface area contributed by atoms with E-state index in [0.717, 1.165) is 37.9 Å². The topological polar surface area (TPSA) is 46.9 Å². The molecule has 1 atom stereocenters. The number of aryl methyl sites for hydroxylation is 1. The van der Waals surface area contributed by atoms with E-state index in [-0.39, 0.29) is 5.54 Å². The predicted molar refractivity (Wildman–Crippen MR) is 66.8 cm³/mol. The van der Waals surface area contributed by atoms with Gasteiger partial charge in [0.1, 0.15) is 0 Å². The number of carbonyl (C=O) groups is 1. The molecule has 0 bridgehead atoms. The van der Waals surface area contributed by atoms with Crippen LogP contribution in [0.1, 0.15) is 38.3 Å². The monoisotopic (exact) mass is 235 g/mol. The van der Waals surface area contributed by atoms with Crippen molar-refractivity contribution in [1.29, 1.82) is 0 Å². The number of aromatic nitrogens is 2. The first-order valence-corrected chi connectivity index (χ1v) is 6.43. The minimum Gasteiger partial charge on any atom is -0.305 e. The normalized spacial score (nSPS) is 24.1. The summed E-state index contributed by atoms with van der Waals surface area (Å²) in [6.07, 6.45) is 6.41. The quantitative estimate of drug-likeness (QED) is 0.840. The summed E-state index contributed by atoms with van der Waals surface area (Å²) >= 11 is 0. The fourth-order valence-electron chi connectivity index (χ4n) is 2.71. The number of nitrogens with zero attached hydrogens (tertiary/aromatic N) is 2. The van der Waals surface area contributed by atoms with E-state index in [1.165, 1.54) is 0 Å². The molecule has 17 heavy (non-hydrogen) atoms. The Hall–Kier alpha value is -1.16. The van der Waals surface area contributed by atoms with Gasteiger partial charge in [0, 0.05) is 13.2 Å². The second kappa shape index (κ2) is 5.00. The maximum atomic E-state index is 12.4. The smallest absolute Gasteiger partial charge is 0.158 e. The van der Waals surface area contributed by atoms with Crippen molar-refractivity contribution in [3.8, 4) is 0 Å². The highest BCUT2D eigenvalue weighted by Gasteiger charge is 2.39. The van der Waals surface area contributed by atoms with Gasteiger partial charge >= 0.3 is 0 Å². The van der Waals surface area contributed by atoms with Crippen LogP contribution in [-0.2, 0) is 18.3 Å². The first-order valence-electron chi connectivity index (χ1n) is 6.43. The minimum absolute atomic E-state index is 0.272. The van der Waals surface area contributed by atoms with E-state index in [0.29, 0.717) is 12.2 Å². The molecule has 1 aromatic heterocycles. The number of ketones is 1. The predicted octanol–water partition coefficient (Wildman–Crippen LogP) is 1.45. The zero-order chi connectivity index (χ0) is 12.3. The van der Waals surface area contributed by atoms with Crippen LogP contribution < -0.4 is 5.32 Å². The molecule has 4 heteroatoms. The largest absolute Gasteiger partial charge is 0.305 e. The van der Waals surface area contributed by atoms with Crippen molar-refractivity contribution in [1.82, 2.24) is 15.1 Å². The highest BCUT2D eigenvalue weighted by Crippen LogP contribution is 2.26. The maximum Gasteiger partial charge on any atom is 0.158 e. The molecule has 0 aliphatic carbocycles. The maximum absolute atomic E-state index is 12.4. The van der Waals surface area contributed by atoms with E-state index in [2.05, 4.69) is 17.3 Å². The highest BCUT2D eigenvalue weighted by atomic mass is 16.1. The Kier molecular flexibility index (Phi) is 3.62. The third-order valence-electron chi connectivity index (χ3n) is 3.56. The lowest BCUT2D eigenvalue weighted by Gasteiger charge is -2.27. The average molecular weight is 235 g/mol. The summed E-state index contributed by atoms with van der Waals surface area (Å²) in [5.74, 6) is 0.301. The van der Waals surface area contributed by atoms with Gasteiger partial charge < -0.3 is 5.32 Å². The molecule has 1 aliphatic rings. The lowest BCUT2D eigenvalue weighted by atomic mass is 9.85. The molecular formula is C13H21N3O. The summed E-state index contributed by atoms with van der Waals surface area (Å²) in [6, 6.07) is 1.92. The van der Waals surface area contributed by atoms with Crippen LogP contribution in [0.2, 0.25) is 0 Å². The van der Waals surface area contributed by atoms with Gasteiger partial charge in [-0.15, -0.1) is 0 Å². The third kappa shape index (κ3) is 2.57. The van der Waals surface area contributed by atoms with E-state index >= 15 is 0 Å². The zero-order valence-corrected chi connectivity index (χ0v) is 10.7. The lowest BCUT2D eigenvalue weighted by Crippen LogP contribution is -2.48. The Morgan fingerprint density at radius 2 is 2.47 bits per heavy atom. The van der Waals surface area contributed by atoms with Crippen molar-refractivity contribution >= 4 is 5.78 Å². The van der Waals surface area contributed by atoms with Gasteiger partial charge in [0.25, 0.3) is 0 Å². The third-order valence-corrected chi connectivity index (χ3v) is 3.56. The molecule has 2 rings (SSSR count). The summed E-state index contributed by atoms with van der Waals surface area (Å²) in [6.45, 7) is 3.10. The summed E-state index contributed by atoms with van der Waals surface area (Å²) in [5, 5.41) is 7.70. The van der Waals surface area contributed by atoms with Gasteiger partial charge in [0.15, 0.2) is 5.78 Å². The van der Waals surface area contributed by atoms with Crippen LogP contribution in [0.5, 0.6) is 0 Å². The second-order valence-electron chi connectivity index (χ2n) is 4.94. The van der Waals surface area contributed by atoms with Crippen LogP contribution in [0.15, 0.2) is 12.3 Å². The van der Waals surface area contributed by atoms with Crippen molar-refractivity contribution in [3.05, 3.63) is 18.0 Å². The Balaban J connectivity index is 2.06. The molecule has 1 saturated heterocycles. The number of hydrogen-bond acceptors (Lipinski definition) is 3.